The maximum Gasteiger partial charge on any atom is 0.251 e. The monoisotopic (exact) mass is 389 g/mol. The molecule has 5 heteroatoms. The largest absolute Gasteiger partial charge is 0.341 e. The first-order valence-electron chi connectivity index (χ1n) is 10.3. The number of nitrogens with zero attached hydrogens (tertiary/aromatic N) is 3. The summed E-state index contributed by atoms with van der Waals surface area (Å²) in [6.07, 6.45) is 7.83. The maximum atomic E-state index is 13.3. The van der Waals surface area contributed by atoms with Crippen LogP contribution in [0.4, 0.5) is 0 Å². The molecule has 0 saturated heterocycles. The Labute approximate surface area is 172 Å². The first kappa shape index (κ1) is 19.4. The molecule has 1 unspecified atom stereocenters. The van der Waals surface area contributed by atoms with Gasteiger partial charge in [-0.2, -0.15) is 0 Å². The van der Waals surface area contributed by atoms with Gasteiger partial charge in [0.1, 0.15) is 0 Å². The summed E-state index contributed by atoms with van der Waals surface area (Å²) < 4.78 is 0. The van der Waals surface area contributed by atoms with E-state index >= 15 is 0 Å². The summed E-state index contributed by atoms with van der Waals surface area (Å²) in [5.74, 6) is 0.0227. The highest BCUT2D eigenvalue weighted by Crippen LogP contribution is 2.38. The van der Waals surface area contributed by atoms with Crippen molar-refractivity contribution in [3.05, 3.63) is 77.1 Å². The van der Waals surface area contributed by atoms with E-state index in [0.29, 0.717) is 13.1 Å². The zero-order chi connectivity index (χ0) is 20.2. The molecule has 1 fully saturated rings. The lowest BCUT2D eigenvalue weighted by atomic mass is 9.88. The number of aromatic nitrogens is 1. The summed E-state index contributed by atoms with van der Waals surface area (Å²) in [7, 11) is 1.79. The molecule has 29 heavy (non-hydrogen) atoms. The third kappa shape index (κ3) is 4.24. The third-order valence-corrected chi connectivity index (χ3v) is 5.95. The lowest BCUT2D eigenvalue weighted by Gasteiger charge is -2.30. The van der Waals surface area contributed by atoms with E-state index in [4.69, 9.17) is 0 Å². The smallest absolute Gasteiger partial charge is 0.251 e. The fourth-order valence-electron chi connectivity index (χ4n) is 4.43. The Morgan fingerprint density at radius 2 is 1.93 bits per heavy atom. The number of benzene rings is 1. The Morgan fingerprint density at radius 3 is 2.69 bits per heavy atom. The van der Waals surface area contributed by atoms with Crippen molar-refractivity contribution in [1.29, 1.82) is 0 Å². The molecule has 2 heterocycles. The molecule has 1 saturated carbocycles. The van der Waals surface area contributed by atoms with Crippen LogP contribution < -0.4 is 0 Å². The van der Waals surface area contributed by atoms with Crippen LogP contribution in [-0.2, 0) is 22.7 Å². The molecule has 2 aromatic rings. The molecule has 1 aliphatic heterocycles. The average Bonchev–Trinajstić information content (AvgIpc) is 3.01. The molecular formula is C24H27N3O2. The second-order valence-electron chi connectivity index (χ2n) is 7.97. The maximum absolute atomic E-state index is 13.3. The van der Waals surface area contributed by atoms with E-state index in [2.05, 4.69) is 17.1 Å². The van der Waals surface area contributed by atoms with Gasteiger partial charge in [0.15, 0.2) is 0 Å². The number of carbonyl (C=O) groups is 2. The fraction of sp³-hybridized carbons (Fsp3) is 0.375. The van der Waals surface area contributed by atoms with Gasteiger partial charge in [0.25, 0.3) is 5.91 Å². The minimum atomic E-state index is -0.0180. The summed E-state index contributed by atoms with van der Waals surface area (Å²) in [4.78, 5) is 33.9. The van der Waals surface area contributed by atoms with Gasteiger partial charge >= 0.3 is 0 Å². The highest BCUT2D eigenvalue weighted by molar-refractivity contribution is 6.02. The van der Waals surface area contributed by atoms with Crippen LogP contribution >= 0.6 is 0 Å². The number of amides is 2. The molecule has 1 aromatic heterocycles. The molecule has 5 nitrogen and oxygen atoms in total. The molecular weight excluding hydrogens is 362 g/mol. The molecule has 0 N–H and O–H groups in total. The zero-order valence-electron chi connectivity index (χ0n) is 16.9. The van der Waals surface area contributed by atoms with Gasteiger partial charge in [-0.05, 0) is 42.0 Å². The van der Waals surface area contributed by atoms with Crippen molar-refractivity contribution in [3.63, 3.8) is 0 Å². The standard InChI is InChI=1S/C24H27N3O2/c1-26(16-19-10-7-13-25-15-19)23(28)14-21-20-11-5-6-12-22(20)27(24(21)29)17-18-8-3-2-4-9-18/h2-4,7-10,13,15,22H,5-6,11-12,14,16-17H2,1H3. The number of carbonyl (C=O) groups excluding carboxylic acids is 2. The zero-order valence-corrected chi connectivity index (χ0v) is 16.9. The SMILES string of the molecule is CN(Cc1cccnc1)C(=O)CC1=C2CCCCC2N(Cc2ccccc2)C1=O. The lowest BCUT2D eigenvalue weighted by Crippen LogP contribution is -2.36. The molecule has 0 radical (unpaired) electrons. The number of pyridine rings is 1. The Morgan fingerprint density at radius 1 is 1.14 bits per heavy atom. The summed E-state index contributed by atoms with van der Waals surface area (Å²) in [6, 6.07) is 14.1. The lowest BCUT2D eigenvalue weighted by molar-refractivity contribution is -0.133. The molecule has 0 spiro atoms. The fourth-order valence-corrected chi connectivity index (χ4v) is 4.43. The first-order valence-corrected chi connectivity index (χ1v) is 10.3. The van der Waals surface area contributed by atoms with Gasteiger partial charge in [0, 0.05) is 38.1 Å². The number of hydrogen-bond donors (Lipinski definition) is 0. The van der Waals surface area contributed by atoms with Gasteiger partial charge < -0.3 is 9.80 Å². The predicted molar refractivity (Wildman–Crippen MR) is 112 cm³/mol. The van der Waals surface area contributed by atoms with Crippen molar-refractivity contribution in [2.75, 3.05) is 7.05 Å². The van der Waals surface area contributed by atoms with Crippen LogP contribution in [0.25, 0.3) is 0 Å². The Bertz CT molecular complexity index is 908. The minimum absolute atomic E-state index is 0.0180. The Hall–Kier alpha value is -2.95. The predicted octanol–water partition coefficient (Wildman–Crippen LogP) is 3.71. The van der Waals surface area contributed by atoms with E-state index in [1.165, 1.54) is 5.57 Å². The first-order chi connectivity index (χ1) is 14.1. The van der Waals surface area contributed by atoms with E-state index < -0.39 is 0 Å². The highest BCUT2D eigenvalue weighted by atomic mass is 16.2. The average molecular weight is 389 g/mol. The highest BCUT2D eigenvalue weighted by Gasteiger charge is 2.40. The number of rotatable bonds is 6. The van der Waals surface area contributed by atoms with E-state index in [-0.39, 0.29) is 24.3 Å². The van der Waals surface area contributed by atoms with E-state index in [9.17, 15) is 9.59 Å². The third-order valence-electron chi connectivity index (χ3n) is 5.95. The van der Waals surface area contributed by atoms with Gasteiger partial charge in [-0.25, -0.2) is 0 Å². The quantitative estimate of drug-likeness (QED) is 0.757. The molecule has 4 rings (SSSR count). The molecule has 1 aliphatic carbocycles. The van der Waals surface area contributed by atoms with Crippen LogP contribution in [0.3, 0.4) is 0 Å². The van der Waals surface area contributed by atoms with E-state index in [1.54, 1.807) is 24.3 Å². The van der Waals surface area contributed by atoms with E-state index in [0.717, 1.165) is 42.4 Å². The van der Waals surface area contributed by atoms with Gasteiger partial charge in [-0.3, -0.25) is 14.6 Å². The van der Waals surface area contributed by atoms with Crippen molar-refractivity contribution in [1.82, 2.24) is 14.8 Å². The number of hydrogen-bond acceptors (Lipinski definition) is 3. The molecule has 0 bridgehead atoms. The normalized spacial score (nSPS) is 18.7. The van der Waals surface area contributed by atoms with Crippen molar-refractivity contribution in [2.24, 2.45) is 0 Å². The second-order valence-corrected chi connectivity index (χ2v) is 7.97. The van der Waals surface area contributed by atoms with Gasteiger partial charge in [-0.15, -0.1) is 0 Å². The molecule has 150 valence electrons. The van der Waals surface area contributed by atoms with Crippen LogP contribution in [0.15, 0.2) is 66.0 Å². The van der Waals surface area contributed by atoms with Crippen LogP contribution in [0.5, 0.6) is 0 Å². The molecule has 1 atom stereocenters. The summed E-state index contributed by atoms with van der Waals surface area (Å²) in [5.41, 5.74) is 4.04. The molecule has 2 amide bonds. The van der Waals surface area contributed by atoms with Gasteiger partial charge in [0.05, 0.1) is 12.5 Å². The summed E-state index contributed by atoms with van der Waals surface area (Å²) in [5, 5.41) is 0. The summed E-state index contributed by atoms with van der Waals surface area (Å²) >= 11 is 0. The second kappa shape index (κ2) is 8.60. The van der Waals surface area contributed by atoms with Crippen LogP contribution in [0, 0.1) is 0 Å². The minimum Gasteiger partial charge on any atom is -0.341 e. The van der Waals surface area contributed by atoms with Crippen LogP contribution in [0.1, 0.15) is 43.2 Å². The topological polar surface area (TPSA) is 53.5 Å². The Kier molecular flexibility index (Phi) is 5.74. The van der Waals surface area contributed by atoms with Gasteiger partial charge in [0.2, 0.25) is 5.91 Å². The van der Waals surface area contributed by atoms with E-state index in [1.807, 2.05) is 35.2 Å². The van der Waals surface area contributed by atoms with Crippen LogP contribution in [0.2, 0.25) is 0 Å². The van der Waals surface area contributed by atoms with Crippen molar-refractivity contribution in [3.8, 4) is 0 Å². The van der Waals surface area contributed by atoms with Gasteiger partial charge in [-0.1, -0.05) is 42.8 Å². The van der Waals surface area contributed by atoms with Crippen molar-refractivity contribution in [2.45, 2.75) is 51.2 Å². The summed E-state index contributed by atoms with van der Waals surface area (Å²) in [6.45, 7) is 1.11. The van der Waals surface area contributed by atoms with Crippen molar-refractivity contribution < 1.29 is 9.59 Å². The van der Waals surface area contributed by atoms with Crippen molar-refractivity contribution >= 4 is 11.8 Å². The molecule has 2 aliphatic rings. The van der Waals surface area contributed by atoms with Crippen LogP contribution in [-0.4, -0.2) is 39.7 Å². The Balaban J connectivity index is 1.49. The number of fused-ring (bicyclic) bond motifs is 1. The molecule has 1 aromatic carbocycles.